The van der Waals surface area contributed by atoms with Crippen LogP contribution in [0.25, 0.3) is 0 Å². The molecule has 0 heterocycles. The molecule has 0 aliphatic rings. The van der Waals surface area contributed by atoms with Crippen molar-refractivity contribution < 1.29 is 9.90 Å². The molecule has 1 amide bonds. The molecule has 15 heavy (non-hydrogen) atoms. The number of carbonyl (C=O) groups excluding carboxylic acids is 1. The first kappa shape index (κ1) is 14.4. The summed E-state index contributed by atoms with van der Waals surface area (Å²) in [6, 6.07) is 0. The molecule has 2 unspecified atom stereocenters. The van der Waals surface area contributed by atoms with Gasteiger partial charge in [0.25, 0.3) is 0 Å². The Morgan fingerprint density at radius 3 is 2.47 bits per heavy atom. The summed E-state index contributed by atoms with van der Waals surface area (Å²) in [6.07, 6.45) is 0.904. The summed E-state index contributed by atoms with van der Waals surface area (Å²) in [7, 11) is 0. The maximum atomic E-state index is 11.4. The lowest BCUT2D eigenvalue weighted by molar-refractivity contribution is -0.122. The Hall–Kier alpha value is -0.610. The Balaban J connectivity index is 3.74. The maximum absolute atomic E-state index is 11.4. The average molecular weight is 216 g/mol. The molecule has 0 fully saturated rings. The fourth-order valence-corrected chi connectivity index (χ4v) is 1.18. The summed E-state index contributed by atoms with van der Waals surface area (Å²) in [4.78, 5) is 11.4. The van der Waals surface area contributed by atoms with Gasteiger partial charge < -0.3 is 16.2 Å². The van der Waals surface area contributed by atoms with Gasteiger partial charge in [-0.05, 0) is 18.4 Å². The van der Waals surface area contributed by atoms with Gasteiger partial charge in [-0.15, -0.1) is 0 Å². The summed E-state index contributed by atoms with van der Waals surface area (Å²) in [5.74, 6) is 0.398. The Bertz CT molecular complexity index is 179. The van der Waals surface area contributed by atoms with Crippen LogP contribution in [-0.2, 0) is 4.79 Å². The number of carbonyl (C=O) groups is 1. The standard InChI is InChI=1S/C11H24N2O2/c1-4-9(6-12)5-11(15)13-7-10(14)8(2)3/h8-10,14H,4-7,12H2,1-3H3,(H,13,15). The van der Waals surface area contributed by atoms with E-state index in [0.29, 0.717) is 19.5 Å². The third-order valence-electron chi connectivity index (χ3n) is 2.66. The predicted molar refractivity (Wildman–Crippen MR) is 61.3 cm³/mol. The van der Waals surface area contributed by atoms with E-state index in [0.717, 1.165) is 6.42 Å². The van der Waals surface area contributed by atoms with E-state index in [2.05, 4.69) is 5.32 Å². The zero-order valence-corrected chi connectivity index (χ0v) is 9.99. The molecule has 0 aliphatic heterocycles. The molecule has 2 atom stereocenters. The summed E-state index contributed by atoms with van der Waals surface area (Å²) >= 11 is 0. The van der Waals surface area contributed by atoms with Crippen molar-refractivity contribution in [1.29, 1.82) is 0 Å². The van der Waals surface area contributed by atoms with Crippen molar-refractivity contribution in [1.82, 2.24) is 5.32 Å². The zero-order chi connectivity index (χ0) is 11.8. The lowest BCUT2D eigenvalue weighted by Crippen LogP contribution is -2.36. The number of nitrogens with two attached hydrogens (primary N) is 1. The van der Waals surface area contributed by atoms with E-state index in [1.54, 1.807) is 0 Å². The fraction of sp³-hybridized carbons (Fsp3) is 0.909. The quantitative estimate of drug-likeness (QED) is 0.580. The van der Waals surface area contributed by atoms with Crippen LogP contribution < -0.4 is 11.1 Å². The predicted octanol–water partition coefficient (Wildman–Crippen LogP) is 0.495. The van der Waals surface area contributed by atoms with Gasteiger partial charge in [-0.1, -0.05) is 27.2 Å². The molecular weight excluding hydrogens is 192 g/mol. The molecule has 0 aromatic heterocycles. The van der Waals surface area contributed by atoms with Gasteiger partial charge in [-0.25, -0.2) is 0 Å². The molecule has 0 saturated carbocycles. The van der Waals surface area contributed by atoms with Gasteiger partial charge >= 0.3 is 0 Å². The Kier molecular flexibility index (Phi) is 7.34. The molecule has 4 N–H and O–H groups in total. The molecule has 0 aliphatic carbocycles. The van der Waals surface area contributed by atoms with Crippen molar-refractivity contribution in [2.24, 2.45) is 17.6 Å². The highest BCUT2D eigenvalue weighted by molar-refractivity contribution is 5.76. The average Bonchev–Trinajstić information content (AvgIpc) is 2.22. The first-order valence-electron chi connectivity index (χ1n) is 5.66. The van der Waals surface area contributed by atoms with E-state index in [-0.39, 0.29) is 17.7 Å². The van der Waals surface area contributed by atoms with E-state index in [4.69, 9.17) is 5.73 Å². The molecule has 0 saturated heterocycles. The number of hydrogen-bond acceptors (Lipinski definition) is 3. The van der Waals surface area contributed by atoms with Gasteiger partial charge in [0.05, 0.1) is 6.10 Å². The minimum Gasteiger partial charge on any atom is -0.391 e. The van der Waals surface area contributed by atoms with Crippen LogP contribution in [-0.4, -0.2) is 30.2 Å². The van der Waals surface area contributed by atoms with E-state index in [1.807, 2.05) is 20.8 Å². The van der Waals surface area contributed by atoms with Gasteiger partial charge in [0.2, 0.25) is 5.91 Å². The Labute approximate surface area is 92.2 Å². The number of aliphatic hydroxyl groups is 1. The maximum Gasteiger partial charge on any atom is 0.220 e. The number of hydrogen-bond donors (Lipinski definition) is 3. The second kappa shape index (κ2) is 7.65. The van der Waals surface area contributed by atoms with Crippen molar-refractivity contribution in [2.75, 3.05) is 13.1 Å². The highest BCUT2D eigenvalue weighted by Gasteiger charge is 2.13. The minimum atomic E-state index is -0.466. The smallest absolute Gasteiger partial charge is 0.220 e. The number of amides is 1. The molecule has 4 heteroatoms. The van der Waals surface area contributed by atoms with Crippen LogP contribution in [0.1, 0.15) is 33.6 Å². The molecule has 0 radical (unpaired) electrons. The Morgan fingerprint density at radius 1 is 1.47 bits per heavy atom. The van der Waals surface area contributed by atoms with Gasteiger partial charge in [0.1, 0.15) is 0 Å². The molecule has 0 aromatic carbocycles. The normalized spacial score (nSPS) is 15.1. The first-order valence-corrected chi connectivity index (χ1v) is 5.66. The highest BCUT2D eigenvalue weighted by Crippen LogP contribution is 2.05. The monoisotopic (exact) mass is 216 g/mol. The van der Waals surface area contributed by atoms with Crippen LogP contribution >= 0.6 is 0 Å². The molecular formula is C11H24N2O2. The summed E-state index contributed by atoms with van der Waals surface area (Å²) in [6.45, 7) is 6.74. The van der Waals surface area contributed by atoms with Gasteiger partial charge in [-0.2, -0.15) is 0 Å². The van der Waals surface area contributed by atoms with E-state index < -0.39 is 6.10 Å². The van der Waals surface area contributed by atoms with Gasteiger partial charge in [-0.3, -0.25) is 4.79 Å². The minimum absolute atomic E-state index is 0.0213. The van der Waals surface area contributed by atoms with Gasteiger partial charge in [0, 0.05) is 13.0 Å². The van der Waals surface area contributed by atoms with Crippen LogP contribution in [0.3, 0.4) is 0 Å². The van der Waals surface area contributed by atoms with Crippen molar-refractivity contribution in [3.8, 4) is 0 Å². The van der Waals surface area contributed by atoms with Crippen molar-refractivity contribution >= 4 is 5.91 Å². The SMILES string of the molecule is CCC(CN)CC(=O)NCC(O)C(C)C. The van der Waals surface area contributed by atoms with Crippen LogP contribution in [0.4, 0.5) is 0 Å². The number of aliphatic hydroxyl groups excluding tert-OH is 1. The fourth-order valence-electron chi connectivity index (χ4n) is 1.18. The summed E-state index contributed by atoms with van der Waals surface area (Å²) < 4.78 is 0. The summed E-state index contributed by atoms with van der Waals surface area (Å²) in [5, 5.41) is 12.2. The lowest BCUT2D eigenvalue weighted by Gasteiger charge is -2.16. The molecule has 0 aromatic rings. The molecule has 0 rings (SSSR count). The number of nitrogens with one attached hydrogen (secondary N) is 1. The van der Waals surface area contributed by atoms with Crippen LogP contribution in [0.5, 0.6) is 0 Å². The second-order valence-electron chi connectivity index (χ2n) is 4.33. The van der Waals surface area contributed by atoms with E-state index >= 15 is 0 Å². The molecule has 90 valence electrons. The highest BCUT2D eigenvalue weighted by atomic mass is 16.3. The van der Waals surface area contributed by atoms with Crippen LogP contribution in [0, 0.1) is 11.8 Å². The molecule has 4 nitrogen and oxygen atoms in total. The zero-order valence-electron chi connectivity index (χ0n) is 9.99. The van der Waals surface area contributed by atoms with E-state index in [1.165, 1.54) is 0 Å². The van der Waals surface area contributed by atoms with Gasteiger partial charge in [0.15, 0.2) is 0 Å². The van der Waals surface area contributed by atoms with E-state index in [9.17, 15) is 9.90 Å². The Morgan fingerprint density at radius 2 is 2.07 bits per heavy atom. The largest absolute Gasteiger partial charge is 0.391 e. The third-order valence-corrected chi connectivity index (χ3v) is 2.66. The molecule has 0 bridgehead atoms. The topological polar surface area (TPSA) is 75.4 Å². The van der Waals surface area contributed by atoms with Crippen LogP contribution in [0.2, 0.25) is 0 Å². The number of rotatable bonds is 7. The first-order chi connectivity index (χ1) is 7.01. The van der Waals surface area contributed by atoms with Crippen LogP contribution in [0.15, 0.2) is 0 Å². The van der Waals surface area contributed by atoms with Crippen molar-refractivity contribution in [3.63, 3.8) is 0 Å². The lowest BCUT2D eigenvalue weighted by atomic mass is 10.0. The van der Waals surface area contributed by atoms with Crippen molar-refractivity contribution in [3.05, 3.63) is 0 Å². The summed E-state index contributed by atoms with van der Waals surface area (Å²) in [5.41, 5.74) is 5.51. The second-order valence-corrected chi connectivity index (χ2v) is 4.33. The third kappa shape index (κ3) is 6.47. The molecule has 0 spiro atoms. The van der Waals surface area contributed by atoms with Crippen molar-refractivity contribution in [2.45, 2.75) is 39.7 Å².